The lowest BCUT2D eigenvalue weighted by Crippen LogP contribution is -2.45. The molecule has 1 aliphatic heterocycles. The second kappa shape index (κ2) is 5.15. The number of rotatable bonds is 3. The minimum absolute atomic E-state index is 0.232. The summed E-state index contributed by atoms with van der Waals surface area (Å²) in [5, 5.41) is 11.5. The van der Waals surface area contributed by atoms with E-state index in [-0.39, 0.29) is 6.04 Å². The first kappa shape index (κ1) is 13.5. The molecule has 2 aromatic rings. The third-order valence-electron chi connectivity index (χ3n) is 4.20. The van der Waals surface area contributed by atoms with E-state index in [1.54, 1.807) is 0 Å². The summed E-state index contributed by atoms with van der Waals surface area (Å²) in [4.78, 5) is 7.09. The summed E-state index contributed by atoms with van der Waals surface area (Å²) in [5.74, 6) is 0. The van der Waals surface area contributed by atoms with Crippen LogP contribution in [-0.2, 0) is 6.54 Å². The number of fused-ring (bicyclic) bond motifs is 1. The van der Waals surface area contributed by atoms with Gasteiger partial charge in [-0.3, -0.25) is 9.88 Å². The number of para-hydroxylation sites is 1. The average Bonchev–Trinajstić information content (AvgIpc) is 2.87. The van der Waals surface area contributed by atoms with Crippen LogP contribution in [0.1, 0.15) is 32.4 Å². The molecule has 0 radical (unpaired) electrons. The largest absolute Gasteiger partial charge is 0.389 e. The van der Waals surface area contributed by atoms with Crippen LogP contribution in [0.5, 0.6) is 0 Å². The minimum atomic E-state index is -0.645. The van der Waals surface area contributed by atoms with Crippen LogP contribution in [0, 0.1) is 0 Å². The molecule has 20 heavy (non-hydrogen) atoms. The highest BCUT2D eigenvalue weighted by Gasteiger charge is 2.35. The lowest BCUT2D eigenvalue weighted by Gasteiger charge is -2.33. The topological polar surface area (TPSA) is 36.4 Å². The van der Waals surface area contributed by atoms with E-state index in [0.29, 0.717) is 0 Å². The van der Waals surface area contributed by atoms with E-state index in [2.05, 4.69) is 29.2 Å². The molecule has 0 aliphatic carbocycles. The van der Waals surface area contributed by atoms with Gasteiger partial charge in [-0.05, 0) is 45.4 Å². The summed E-state index contributed by atoms with van der Waals surface area (Å²) in [5.41, 5.74) is 1.48. The summed E-state index contributed by atoms with van der Waals surface area (Å²) < 4.78 is 0. The van der Waals surface area contributed by atoms with E-state index in [9.17, 15) is 5.11 Å². The second-order valence-corrected chi connectivity index (χ2v) is 6.28. The first-order valence-corrected chi connectivity index (χ1v) is 7.35. The Morgan fingerprint density at radius 1 is 1.25 bits per heavy atom. The number of nitrogens with zero attached hydrogens (tertiary/aromatic N) is 2. The van der Waals surface area contributed by atoms with Crippen molar-refractivity contribution < 1.29 is 5.11 Å². The molecular weight excluding hydrogens is 248 g/mol. The number of likely N-dealkylation sites (tertiary alicyclic amines) is 1. The maximum atomic E-state index is 10.3. The van der Waals surface area contributed by atoms with Gasteiger partial charge in [0.15, 0.2) is 0 Å². The lowest BCUT2D eigenvalue weighted by molar-refractivity contribution is -0.00533. The molecule has 3 rings (SSSR count). The molecule has 1 aliphatic rings. The van der Waals surface area contributed by atoms with Crippen LogP contribution in [0.25, 0.3) is 10.9 Å². The van der Waals surface area contributed by atoms with Crippen LogP contribution in [-0.4, -0.2) is 33.2 Å². The van der Waals surface area contributed by atoms with Gasteiger partial charge in [0.1, 0.15) is 0 Å². The Labute approximate surface area is 120 Å². The van der Waals surface area contributed by atoms with Gasteiger partial charge in [-0.2, -0.15) is 0 Å². The first-order chi connectivity index (χ1) is 9.54. The Morgan fingerprint density at radius 2 is 2.05 bits per heavy atom. The Bertz CT molecular complexity index is 603. The highest BCUT2D eigenvalue weighted by molar-refractivity contribution is 5.78. The van der Waals surface area contributed by atoms with Crippen molar-refractivity contribution in [3.05, 3.63) is 42.1 Å². The van der Waals surface area contributed by atoms with E-state index in [1.165, 1.54) is 5.39 Å². The van der Waals surface area contributed by atoms with Gasteiger partial charge in [0.05, 0.1) is 16.8 Å². The highest BCUT2D eigenvalue weighted by Crippen LogP contribution is 2.28. The monoisotopic (exact) mass is 270 g/mol. The van der Waals surface area contributed by atoms with Gasteiger partial charge in [0, 0.05) is 18.0 Å². The molecule has 1 N–H and O–H groups in total. The van der Waals surface area contributed by atoms with Crippen molar-refractivity contribution in [3.63, 3.8) is 0 Å². The van der Waals surface area contributed by atoms with Crippen molar-refractivity contribution in [2.45, 2.75) is 44.9 Å². The van der Waals surface area contributed by atoms with Gasteiger partial charge in [-0.15, -0.1) is 0 Å². The Morgan fingerprint density at radius 3 is 2.85 bits per heavy atom. The van der Waals surface area contributed by atoms with E-state index < -0.39 is 5.60 Å². The van der Waals surface area contributed by atoms with Crippen molar-refractivity contribution in [3.8, 4) is 0 Å². The molecule has 0 bridgehead atoms. The van der Waals surface area contributed by atoms with Gasteiger partial charge >= 0.3 is 0 Å². The summed E-state index contributed by atoms with van der Waals surface area (Å²) >= 11 is 0. The average molecular weight is 270 g/mol. The predicted octanol–water partition coefficient (Wildman–Crippen LogP) is 2.97. The molecule has 1 saturated heterocycles. The zero-order valence-corrected chi connectivity index (χ0v) is 12.2. The lowest BCUT2D eigenvalue weighted by atomic mass is 9.96. The normalized spacial score (nSPS) is 20.6. The number of aromatic nitrogens is 1. The predicted molar refractivity (Wildman–Crippen MR) is 81.5 cm³/mol. The summed E-state index contributed by atoms with van der Waals surface area (Å²) in [7, 11) is 0. The van der Waals surface area contributed by atoms with Gasteiger partial charge in [-0.25, -0.2) is 0 Å². The fourth-order valence-electron chi connectivity index (χ4n) is 3.22. The quantitative estimate of drug-likeness (QED) is 0.931. The molecule has 0 saturated carbocycles. The van der Waals surface area contributed by atoms with Gasteiger partial charge < -0.3 is 5.11 Å². The molecule has 0 spiro atoms. The van der Waals surface area contributed by atoms with Gasteiger partial charge in [0.25, 0.3) is 0 Å². The Kier molecular flexibility index (Phi) is 3.48. The third-order valence-corrected chi connectivity index (χ3v) is 4.20. The van der Waals surface area contributed by atoms with E-state index in [0.717, 1.165) is 37.1 Å². The van der Waals surface area contributed by atoms with Crippen molar-refractivity contribution in [1.29, 1.82) is 0 Å². The molecule has 1 atom stereocenters. The van der Waals surface area contributed by atoms with E-state index in [1.807, 2.05) is 26.0 Å². The molecule has 1 aromatic heterocycles. The van der Waals surface area contributed by atoms with Crippen LogP contribution in [0.3, 0.4) is 0 Å². The number of aliphatic hydroxyl groups is 1. The van der Waals surface area contributed by atoms with Crippen LogP contribution in [0.15, 0.2) is 36.4 Å². The molecule has 3 nitrogen and oxygen atoms in total. The SMILES string of the molecule is CC(C)(O)C1CCCN1Cc1ccc2ccccc2n1. The standard InChI is InChI=1S/C17H22N2O/c1-17(2,20)16-8-5-11-19(16)12-14-10-9-13-6-3-4-7-15(13)18-14/h3-4,6-7,9-10,16,20H,5,8,11-12H2,1-2H3. The maximum absolute atomic E-state index is 10.3. The number of hydrogen-bond donors (Lipinski definition) is 1. The molecule has 1 fully saturated rings. The van der Waals surface area contributed by atoms with Crippen LogP contribution in [0.2, 0.25) is 0 Å². The molecule has 2 heterocycles. The molecule has 0 amide bonds. The Balaban J connectivity index is 1.82. The Hall–Kier alpha value is -1.45. The fourth-order valence-corrected chi connectivity index (χ4v) is 3.22. The number of hydrogen-bond acceptors (Lipinski definition) is 3. The zero-order valence-electron chi connectivity index (χ0n) is 12.2. The van der Waals surface area contributed by atoms with Crippen molar-refractivity contribution in [1.82, 2.24) is 9.88 Å². The van der Waals surface area contributed by atoms with E-state index >= 15 is 0 Å². The van der Waals surface area contributed by atoms with Crippen LogP contribution < -0.4 is 0 Å². The number of benzene rings is 1. The van der Waals surface area contributed by atoms with Crippen LogP contribution >= 0.6 is 0 Å². The summed E-state index contributed by atoms with van der Waals surface area (Å²) in [6, 6.07) is 12.7. The fraction of sp³-hybridized carbons (Fsp3) is 0.471. The highest BCUT2D eigenvalue weighted by atomic mass is 16.3. The second-order valence-electron chi connectivity index (χ2n) is 6.28. The molecule has 3 heteroatoms. The first-order valence-electron chi connectivity index (χ1n) is 7.35. The van der Waals surface area contributed by atoms with Gasteiger partial charge in [0.2, 0.25) is 0 Å². The molecule has 1 unspecified atom stereocenters. The van der Waals surface area contributed by atoms with Crippen molar-refractivity contribution in [2.24, 2.45) is 0 Å². The molecule has 1 aromatic carbocycles. The third kappa shape index (κ3) is 2.69. The number of pyridine rings is 1. The summed E-state index contributed by atoms with van der Waals surface area (Å²) in [6.45, 7) is 5.68. The smallest absolute Gasteiger partial charge is 0.0746 e. The van der Waals surface area contributed by atoms with Crippen molar-refractivity contribution in [2.75, 3.05) is 6.54 Å². The van der Waals surface area contributed by atoms with Gasteiger partial charge in [-0.1, -0.05) is 24.3 Å². The summed E-state index contributed by atoms with van der Waals surface area (Å²) in [6.07, 6.45) is 2.22. The maximum Gasteiger partial charge on any atom is 0.0746 e. The zero-order chi connectivity index (χ0) is 14.2. The van der Waals surface area contributed by atoms with Crippen molar-refractivity contribution >= 4 is 10.9 Å². The minimum Gasteiger partial charge on any atom is -0.389 e. The van der Waals surface area contributed by atoms with Crippen LogP contribution in [0.4, 0.5) is 0 Å². The molecular formula is C17H22N2O. The molecule has 106 valence electrons. The van der Waals surface area contributed by atoms with E-state index in [4.69, 9.17) is 4.98 Å².